The first-order valence-electron chi connectivity index (χ1n) is 13.2. The van der Waals surface area contributed by atoms with E-state index < -0.39 is 12.1 Å². The van der Waals surface area contributed by atoms with Gasteiger partial charge in [0.1, 0.15) is 0 Å². The highest BCUT2D eigenvalue weighted by atomic mass is 16.5. The summed E-state index contributed by atoms with van der Waals surface area (Å²) in [6.45, 7) is 8.02. The van der Waals surface area contributed by atoms with Gasteiger partial charge in [0.05, 0.1) is 19.8 Å². The smallest absolute Gasteiger partial charge is 0.223 e. The Morgan fingerprint density at radius 2 is 1.86 bits per heavy atom. The second-order valence-corrected chi connectivity index (χ2v) is 10.6. The molecule has 0 spiro atoms. The number of carbonyl (C=O) groups is 1. The lowest BCUT2D eigenvalue weighted by atomic mass is 9.82. The van der Waals surface area contributed by atoms with Crippen LogP contribution in [-0.4, -0.2) is 57.1 Å². The molecule has 200 valence electrons. The number of benzene rings is 1. The standard InChI is InChI=1S/C28H48N2O5/c1-19(2)23(15-21-9-12-26(34-5)27(16-21)35-14-6-13-33-4)17-24(29)25(31)18-30-28(32)22-10-7-20(3)8-11-22/h9,12,16,19-20,22-25,31H,6-8,10-11,13-15,17-18,29H2,1-5H3,(H,30,32)/t20?,22?,23-,24-,25-/m0/s1. The van der Waals surface area contributed by atoms with Gasteiger partial charge in [-0.2, -0.15) is 0 Å². The SMILES string of the molecule is COCCCOc1cc(C[C@@H](C[C@H](N)[C@@H](O)CNC(=O)C2CCC(C)CC2)C(C)C)ccc1OC. The summed E-state index contributed by atoms with van der Waals surface area (Å²) < 4.78 is 16.5. The fraction of sp³-hybridized carbons (Fsp3) is 0.750. The van der Waals surface area contributed by atoms with Crippen molar-refractivity contribution in [1.82, 2.24) is 5.32 Å². The lowest BCUT2D eigenvalue weighted by Gasteiger charge is -2.29. The molecule has 0 radical (unpaired) electrons. The Kier molecular flexibility index (Phi) is 12.9. The lowest BCUT2D eigenvalue weighted by Crippen LogP contribution is -2.46. The molecule has 2 rings (SSSR count). The minimum absolute atomic E-state index is 0.0554. The van der Waals surface area contributed by atoms with E-state index in [2.05, 4.69) is 32.2 Å². The second kappa shape index (κ2) is 15.3. The number of ether oxygens (including phenoxy) is 3. The zero-order valence-electron chi connectivity index (χ0n) is 22.4. The molecule has 7 nitrogen and oxygen atoms in total. The third-order valence-electron chi connectivity index (χ3n) is 7.36. The number of hydrogen-bond acceptors (Lipinski definition) is 6. The molecule has 1 saturated carbocycles. The number of carbonyl (C=O) groups excluding carboxylic acids is 1. The summed E-state index contributed by atoms with van der Waals surface area (Å²) in [4.78, 5) is 12.5. The topological polar surface area (TPSA) is 103 Å². The van der Waals surface area contributed by atoms with Gasteiger partial charge in [0.15, 0.2) is 11.5 Å². The Balaban J connectivity index is 1.90. The fourth-order valence-electron chi connectivity index (χ4n) is 4.77. The Morgan fingerprint density at radius 3 is 2.49 bits per heavy atom. The van der Waals surface area contributed by atoms with Crippen LogP contribution >= 0.6 is 0 Å². The molecule has 1 aliphatic carbocycles. The zero-order chi connectivity index (χ0) is 25.8. The number of aliphatic hydroxyl groups is 1. The molecule has 0 aliphatic heterocycles. The predicted molar refractivity (Wildman–Crippen MR) is 140 cm³/mol. The summed E-state index contributed by atoms with van der Waals surface area (Å²) >= 11 is 0. The highest BCUT2D eigenvalue weighted by Crippen LogP contribution is 2.31. The first kappa shape index (κ1) is 29.4. The van der Waals surface area contributed by atoms with Gasteiger partial charge in [0.2, 0.25) is 5.91 Å². The van der Waals surface area contributed by atoms with Crippen molar-refractivity contribution in [2.24, 2.45) is 29.4 Å². The predicted octanol–water partition coefficient (Wildman–Crippen LogP) is 3.95. The van der Waals surface area contributed by atoms with Crippen LogP contribution in [0, 0.1) is 23.7 Å². The molecule has 1 amide bonds. The van der Waals surface area contributed by atoms with Crippen LogP contribution in [0.15, 0.2) is 18.2 Å². The van der Waals surface area contributed by atoms with E-state index >= 15 is 0 Å². The van der Waals surface area contributed by atoms with Gasteiger partial charge in [-0.25, -0.2) is 0 Å². The van der Waals surface area contributed by atoms with E-state index in [1.54, 1.807) is 14.2 Å². The summed E-state index contributed by atoms with van der Waals surface area (Å²) in [5.74, 6) is 2.94. The molecule has 4 N–H and O–H groups in total. The van der Waals surface area contributed by atoms with Crippen molar-refractivity contribution in [3.05, 3.63) is 23.8 Å². The summed E-state index contributed by atoms with van der Waals surface area (Å²) in [5, 5.41) is 13.6. The minimum atomic E-state index is -0.765. The van der Waals surface area contributed by atoms with Gasteiger partial charge in [-0.3, -0.25) is 4.79 Å². The molecule has 1 aliphatic rings. The van der Waals surface area contributed by atoms with E-state index in [9.17, 15) is 9.90 Å². The summed E-state index contributed by atoms with van der Waals surface area (Å²) in [7, 11) is 3.32. The number of rotatable bonds is 15. The Hall–Kier alpha value is -1.83. The van der Waals surface area contributed by atoms with Crippen molar-refractivity contribution in [1.29, 1.82) is 0 Å². The first-order valence-corrected chi connectivity index (χ1v) is 13.2. The van der Waals surface area contributed by atoms with Crippen LogP contribution in [0.1, 0.15) is 64.9 Å². The maximum Gasteiger partial charge on any atom is 0.223 e. The number of aliphatic hydroxyl groups excluding tert-OH is 1. The Labute approximate surface area is 212 Å². The molecule has 7 heteroatoms. The zero-order valence-corrected chi connectivity index (χ0v) is 22.4. The molecule has 0 saturated heterocycles. The molecule has 0 aromatic heterocycles. The van der Waals surface area contributed by atoms with Crippen LogP contribution in [0.3, 0.4) is 0 Å². The summed E-state index contributed by atoms with van der Waals surface area (Å²) in [6.07, 6.45) is 5.60. The van der Waals surface area contributed by atoms with Gasteiger partial charge in [-0.05, 0) is 74.0 Å². The fourth-order valence-corrected chi connectivity index (χ4v) is 4.77. The summed E-state index contributed by atoms with van der Waals surface area (Å²) in [6, 6.07) is 5.63. The van der Waals surface area contributed by atoms with Gasteiger partial charge >= 0.3 is 0 Å². The Bertz CT molecular complexity index is 749. The van der Waals surface area contributed by atoms with E-state index in [1.807, 2.05) is 12.1 Å². The van der Waals surface area contributed by atoms with Crippen LogP contribution in [0.4, 0.5) is 0 Å². The quantitative estimate of drug-likeness (QED) is 0.321. The molecule has 35 heavy (non-hydrogen) atoms. The lowest BCUT2D eigenvalue weighted by molar-refractivity contribution is -0.126. The second-order valence-electron chi connectivity index (χ2n) is 10.6. The van der Waals surface area contributed by atoms with Gasteiger partial charge in [0, 0.05) is 38.6 Å². The average molecular weight is 493 g/mol. The monoisotopic (exact) mass is 492 g/mol. The van der Waals surface area contributed by atoms with Gasteiger partial charge in [-0.1, -0.05) is 26.8 Å². The van der Waals surface area contributed by atoms with E-state index in [4.69, 9.17) is 19.9 Å². The molecule has 3 atom stereocenters. The van der Waals surface area contributed by atoms with Crippen molar-refractivity contribution in [2.75, 3.05) is 34.0 Å². The van der Waals surface area contributed by atoms with Gasteiger partial charge < -0.3 is 30.4 Å². The molecule has 1 fully saturated rings. The van der Waals surface area contributed by atoms with Crippen molar-refractivity contribution in [3.8, 4) is 11.5 Å². The number of methoxy groups -OCH3 is 2. The van der Waals surface area contributed by atoms with Gasteiger partial charge in [-0.15, -0.1) is 0 Å². The number of amides is 1. The number of hydrogen-bond donors (Lipinski definition) is 3. The van der Waals surface area contributed by atoms with Crippen LogP contribution in [0.5, 0.6) is 11.5 Å². The van der Waals surface area contributed by atoms with Crippen molar-refractivity contribution in [3.63, 3.8) is 0 Å². The largest absolute Gasteiger partial charge is 0.493 e. The number of nitrogens with one attached hydrogen (secondary N) is 1. The molecule has 1 aromatic carbocycles. The van der Waals surface area contributed by atoms with Crippen LogP contribution < -0.4 is 20.5 Å². The minimum Gasteiger partial charge on any atom is -0.493 e. The Morgan fingerprint density at radius 1 is 1.14 bits per heavy atom. The van der Waals surface area contributed by atoms with Crippen molar-refractivity contribution in [2.45, 2.75) is 77.9 Å². The van der Waals surface area contributed by atoms with Crippen LogP contribution in [-0.2, 0) is 16.0 Å². The molecule has 0 unspecified atom stereocenters. The van der Waals surface area contributed by atoms with E-state index in [0.29, 0.717) is 37.2 Å². The summed E-state index contributed by atoms with van der Waals surface area (Å²) in [5.41, 5.74) is 7.55. The highest BCUT2D eigenvalue weighted by Gasteiger charge is 2.27. The maximum absolute atomic E-state index is 12.5. The highest BCUT2D eigenvalue weighted by molar-refractivity contribution is 5.78. The number of nitrogens with two attached hydrogens (primary N) is 1. The first-order chi connectivity index (χ1) is 16.7. The average Bonchev–Trinajstić information content (AvgIpc) is 2.85. The molecule has 0 heterocycles. The third-order valence-corrected chi connectivity index (χ3v) is 7.36. The van der Waals surface area contributed by atoms with Crippen molar-refractivity contribution < 1.29 is 24.1 Å². The van der Waals surface area contributed by atoms with Gasteiger partial charge in [0.25, 0.3) is 0 Å². The third kappa shape index (κ3) is 9.98. The maximum atomic E-state index is 12.5. The van der Waals surface area contributed by atoms with E-state index in [-0.39, 0.29) is 24.3 Å². The normalized spacial score (nSPS) is 20.8. The van der Waals surface area contributed by atoms with Crippen LogP contribution in [0.25, 0.3) is 0 Å². The van der Waals surface area contributed by atoms with E-state index in [1.165, 1.54) is 0 Å². The molecular formula is C28H48N2O5. The van der Waals surface area contributed by atoms with Crippen LogP contribution in [0.2, 0.25) is 0 Å². The molecule has 1 aromatic rings. The van der Waals surface area contributed by atoms with E-state index in [0.717, 1.165) is 49.8 Å². The molecular weight excluding hydrogens is 444 g/mol. The molecule has 0 bridgehead atoms. The van der Waals surface area contributed by atoms with Crippen molar-refractivity contribution >= 4 is 5.91 Å².